The summed E-state index contributed by atoms with van der Waals surface area (Å²) in [6, 6.07) is 0. The fourth-order valence-electron chi connectivity index (χ4n) is 10.8. The quantitative estimate of drug-likeness (QED) is 0.467. The monoisotopic (exact) mass is 412 g/mol. The molecule has 5 aliphatic rings. The molecule has 0 bridgehead atoms. The molecule has 1 heteroatoms. The van der Waals surface area contributed by atoms with Crippen LogP contribution in [-0.2, 0) is 0 Å². The van der Waals surface area contributed by atoms with E-state index < -0.39 is 0 Å². The molecule has 0 saturated heterocycles. The van der Waals surface area contributed by atoms with Gasteiger partial charge in [-0.2, -0.15) is 0 Å². The molecule has 0 aromatic rings. The maximum atomic E-state index is 10.6. The van der Waals surface area contributed by atoms with Gasteiger partial charge in [0.15, 0.2) is 0 Å². The highest BCUT2D eigenvalue weighted by Crippen LogP contribution is 2.88. The molecule has 0 aliphatic heterocycles. The standard InChI is InChI=1S/C29H48O/c1-19(2)8-7-9-20(3)22-12-14-27(6)25-11-10-23-21(4)24(30)13-15-28(23)18-29(25,28)17-16-26(22,27)5/h8,20-25,30H,7,9-18H2,1-6H3/t20-,21-,22+,23+,24-,25+,26+,27-,28+,29-/m0/s1. The van der Waals surface area contributed by atoms with Gasteiger partial charge in [0.1, 0.15) is 0 Å². The highest BCUT2D eigenvalue weighted by atomic mass is 16.3. The highest BCUT2D eigenvalue weighted by molar-refractivity contribution is 5.29. The van der Waals surface area contributed by atoms with Crippen LogP contribution in [0.4, 0.5) is 0 Å². The van der Waals surface area contributed by atoms with Crippen LogP contribution < -0.4 is 0 Å². The number of hydrogen-bond acceptors (Lipinski definition) is 1. The zero-order valence-electron chi connectivity index (χ0n) is 20.8. The smallest absolute Gasteiger partial charge is 0.0568 e. The van der Waals surface area contributed by atoms with Crippen molar-refractivity contribution < 1.29 is 5.11 Å². The Hall–Kier alpha value is -0.300. The minimum atomic E-state index is -0.0308. The molecule has 0 aromatic heterocycles. The summed E-state index contributed by atoms with van der Waals surface area (Å²) in [4.78, 5) is 0. The molecule has 1 N–H and O–H groups in total. The molecular weight excluding hydrogens is 364 g/mol. The first kappa shape index (κ1) is 21.5. The van der Waals surface area contributed by atoms with Crippen LogP contribution in [0.2, 0.25) is 0 Å². The fraction of sp³-hybridized carbons (Fsp3) is 0.931. The van der Waals surface area contributed by atoms with E-state index in [-0.39, 0.29) is 6.10 Å². The van der Waals surface area contributed by atoms with Crippen molar-refractivity contribution in [1.82, 2.24) is 0 Å². The van der Waals surface area contributed by atoms with Crippen molar-refractivity contribution in [2.75, 3.05) is 0 Å². The minimum absolute atomic E-state index is 0.0308. The Labute approximate surface area is 186 Å². The Bertz CT molecular complexity index is 720. The van der Waals surface area contributed by atoms with Gasteiger partial charge in [0.05, 0.1) is 6.10 Å². The van der Waals surface area contributed by atoms with E-state index in [2.05, 4.69) is 47.6 Å². The second kappa shape index (κ2) is 6.85. The second-order valence-electron chi connectivity index (χ2n) is 13.5. The van der Waals surface area contributed by atoms with Gasteiger partial charge in [0.2, 0.25) is 0 Å². The van der Waals surface area contributed by atoms with Crippen LogP contribution >= 0.6 is 0 Å². The van der Waals surface area contributed by atoms with E-state index in [1.54, 1.807) is 0 Å². The van der Waals surface area contributed by atoms with Crippen molar-refractivity contribution in [3.05, 3.63) is 11.6 Å². The van der Waals surface area contributed by atoms with Crippen LogP contribution in [0.1, 0.15) is 112 Å². The van der Waals surface area contributed by atoms with Crippen LogP contribution in [0.3, 0.4) is 0 Å². The first-order valence-corrected chi connectivity index (χ1v) is 13.4. The Morgan fingerprint density at radius 3 is 2.47 bits per heavy atom. The van der Waals surface area contributed by atoms with E-state index in [9.17, 15) is 5.11 Å². The lowest BCUT2D eigenvalue weighted by Crippen LogP contribution is -2.55. The summed E-state index contributed by atoms with van der Waals surface area (Å²) in [6.45, 7) is 14.9. The number of fused-ring (bicyclic) bond motifs is 2. The van der Waals surface area contributed by atoms with Crippen molar-refractivity contribution in [3.63, 3.8) is 0 Å². The Kier molecular flexibility index (Phi) is 4.92. The van der Waals surface area contributed by atoms with Crippen LogP contribution in [0.5, 0.6) is 0 Å². The Morgan fingerprint density at radius 2 is 1.73 bits per heavy atom. The van der Waals surface area contributed by atoms with Crippen LogP contribution in [0.15, 0.2) is 11.6 Å². The molecular formula is C29H48O. The molecule has 2 spiro atoms. The zero-order valence-corrected chi connectivity index (χ0v) is 20.8. The van der Waals surface area contributed by atoms with Gasteiger partial charge in [-0.05, 0) is 136 Å². The lowest BCUT2D eigenvalue weighted by molar-refractivity contribution is -0.142. The third-order valence-electron chi connectivity index (χ3n) is 12.6. The maximum Gasteiger partial charge on any atom is 0.0568 e. The summed E-state index contributed by atoms with van der Waals surface area (Å²) >= 11 is 0. The summed E-state index contributed by atoms with van der Waals surface area (Å²) < 4.78 is 0. The summed E-state index contributed by atoms with van der Waals surface area (Å²) in [5, 5.41) is 10.6. The number of rotatable bonds is 4. The lowest BCUT2D eigenvalue weighted by atomic mass is 9.43. The molecule has 5 aliphatic carbocycles. The molecule has 5 rings (SSSR count). The van der Waals surface area contributed by atoms with Crippen molar-refractivity contribution in [1.29, 1.82) is 0 Å². The van der Waals surface area contributed by atoms with E-state index in [1.807, 2.05) is 0 Å². The molecule has 10 atom stereocenters. The summed E-state index contributed by atoms with van der Waals surface area (Å²) in [5.74, 6) is 4.08. The van der Waals surface area contributed by atoms with E-state index in [0.29, 0.717) is 27.6 Å². The Balaban J connectivity index is 1.39. The summed E-state index contributed by atoms with van der Waals surface area (Å²) in [6.07, 6.45) is 17.8. The molecule has 0 radical (unpaired) electrons. The Morgan fingerprint density at radius 1 is 0.967 bits per heavy atom. The highest BCUT2D eigenvalue weighted by Gasteiger charge is 2.81. The van der Waals surface area contributed by atoms with Gasteiger partial charge in [-0.1, -0.05) is 39.3 Å². The van der Waals surface area contributed by atoms with Gasteiger partial charge < -0.3 is 5.11 Å². The van der Waals surface area contributed by atoms with Gasteiger partial charge in [-0.3, -0.25) is 0 Å². The number of aliphatic hydroxyl groups excluding tert-OH is 1. The van der Waals surface area contributed by atoms with E-state index in [0.717, 1.165) is 30.1 Å². The SMILES string of the molecule is CC(C)=CCC[C@H](C)[C@H]1CC[C@@]2(C)[C@H]3CC[C@@H]4[C@H](C)[C@@H](O)CC[C@@]45C[C@@]35CC[C@]12C. The second-order valence-corrected chi connectivity index (χ2v) is 13.5. The van der Waals surface area contributed by atoms with Gasteiger partial charge in [0, 0.05) is 0 Å². The third-order valence-corrected chi connectivity index (χ3v) is 12.6. The maximum absolute atomic E-state index is 10.6. The van der Waals surface area contributed by atoms with E-state index in [1.165, 1.54) is 69.8 Å². The molecule has 0 aromatic carbocycles. The van der Waals surface area contributed by atoms with Crippen molar-refractivity contribution in [2.24, 2.45) is 51.2 Å². The van der Waals surface area contributed by atoms with Crippen LogP contribution in [0.25, 0.3) is 0 Å². The fourth-order valence-corrected chi connectivity index (χ4v) is 10.8. The topological polar surface area (TPSA) is 20.2 Å². The van der Waals surface area contributed by atoms with Gasteiger partial charge in [-0.25, -0.2) is 0 Å². The molecule has 0 unspecified atom stereocenters. The largest absolute Gasteiger partial charge is 0.393 e. The van der Waals surface area contributed by atoms with Crippen LogP contribution in [-0.4, -0.2) is 11.2 Å². The summed E-state index contributed by atoms with van der Waals surface area (Å²) in [7, 11) is 0. The molecule has 5 saturated carbocycles. The van der Waals surface area contributed by atoms with Gasteiger partial charge >= 0.3 is 0 Å². The molecule has 5 fully saturated rings. The minimum Gasteiger partial charge on any atom is -0.393 e. The molecule has 0 heterocycles. The molecule has 1 nitrogen and oxygen atoms in total. The molecule has 170 valence electrons. The zero-order chi connectivity index (χ0) is 21.5. The number of allylic oxidation sites excluding steroid dienone is 2. The summed E-state index contributed by atoms with van der Waals surface area (Å²) in [5.41, 5.74) is 3.84. The van der Waals surface area contributed by atoms with Crippen LogP contribution in [0, 0.1) is 51.2 Å². The molecule has 30 heavy (non-hydrogen) atoms. The normalized spacial score (nSPS) is 55.0. The van der Waals surface area contributed by atoms with E-state index >= 15 is 0 Å². The predicted octanol–water partition coefficient (Wildman–Crippen LogP) is 7.78. The number of hydrogen-bond donors (Lipinski definition) is 1. The third kappa shape index (κ3) is 2.57. The number of aliphatic hydroxyl groups is 1. The van der Waals surface area contributed by atoms with Crippen molar-refractivity contribution in [3.8, 4) is 0 Å². The van der Waals surface area contributed by atoms with E-state index in [4.69, 9.17) is 0 Å². The first-order chi connectivity index (χ1) is 14.1. The predicted molar refractivity (Wildman–Crippen MR) is 126 cm³/mol. The van der Waals surface area contributed by atoms with Gasteiger partial charge in [0.25, 0.3) is 0 Å². The van der Waals surface area contributed by atoms with Crippen molar-refractivity contribution in [2.45, 2.75) is 118 Å². The van der Waals surface area contributed by atoms with Crippen molar-refractivity contribution >= 4 is 0 Å². The molecule has 0 amide bonds. The first-order valence-electron chi connectivity index (χ1n) is 13.4. The lowest BCUT2D eigenvalue weighted by Gasteiger charge is -2.62. The van der Waals surface area contributed by atoms with Gasteiger partial charge in [-0.15, -0.1) is 0 Å². The average molecular weight is 413 g/mol. The average Bonchev–Trinajstić information content (AvgIpc) is 3.27.